The van der Waals surface area contributed by atoms with Crippen LogP contribution in [0.15, 0.2) is 30.3 Å². The van der Waals surface area contributed by atoms with Crippen molar-refractivity contribution in [1.82, 2.24) is 10.6 Å². The zero-order valence-corrected chi connectivity index (χ0v) is 17.2. The summed E-state index contributed by atoms with van der Waals surface area (Å²) in [4.78, 5) is 34.8. The number of hydrogen-bond acceptors (Lipinski definition) is 5. The summed E-state index contributed by atoms with van der Waals surface area (Å²) in [7, 11) is 0. The number of nitro groups is 1. The Morgan fingerprint density at radius 3 is 2.36 bits per heavy atom. The maximum atomic E-state index is 12.4. The zero-order chi connectivity index (χ0) is 21.5. The summed E-state index contributed by atoms with van der Waals surface area (Å²) < 4.78 is 5.22. The van der Waals surface area contributed by atoms with Crippen molar-refractivity contribution >= 4 is 23.8 Å². The molecule has 154 valence electrons. The molecule has 0 fully saturated rings. The van der Waals surface area contributed by atoms with Crippen molar-refractivity contribution in [3.05, 3.63) is 46.0 Å². The zero-order valence-electron chi connectivity index (χ0n) is 17.2. The van der Waals surface area contributed by atoms with Crippen LogP contribution in [0.1, 0.15) is 47.1 Å². The lowest BCUT2D eigenvalue weighted by Crippen LogP contribution is -2.56. The Kier molecular flexibility index (Phi) is 7.72. The molecule has 0 heterocycles. The molecule has 8 heteroatoms. The van der Waals surface area contributed by atoms with E-state index in [2.05, 4.69) is 10.6 Å². The normalized spacial score (nSPS) is 13.8. The molecule has 0 spiro atoms. The van der Waals surface area contributed by atoms with E-state index in [4.69, 9.17) is 4.74 Å². The number of nitrogens with one attached hydrogen (secondary N) is 2. The molecular weight excluding hydrogens is 362 g/mol. The van der Waals surface area contributed by atoms with Crippen LogP contribution < -0.4 is 10.6 Å². The maximum Gasteiger partial charge on any atom is 0.407 e. The van der Waals surface area contributed by atoms with Gasteiger partial charge in [-0.05, 0) is 45.8 Å². The fourth-order valence-corrected chi connectivity index (χ4v) is 2.25. The Balaban J connectivity index is 2.82. The SMILES string of the molecule is CC(C)C(C)(CNC(=O)OC(C)(C)C)NC(=O)C=Cc1ccccc1[N+](=O)[O-]. The van der Waals surface area contributed by atoms with Crippen LogP contribution in [0.5, 0.6) is 0 Å². The van der Waals surface area contributed by atoms with Gasteiger partial charge in [0.15, 0.2) is 0 Å². The Morgan fingerprint density at radius 1 is 1.21 bits per heavy atom. The van der Waals surface area contributed by atoms with Crippen molar-refractivity contribution in [1.29, 1.82) is 0 Å². The van der Waals surface area contributed by atoms with Crippen molar-refractivity contribution in [2.75, 3.05) is 6.54 Å². The number of amides is 2. The third kappa shape index (κ3) is 7.38. The van der Waals surface area contributed by atoms with Crippen LogP contribution >= 0.6 is 0 Å². The molecule has 1 unspecified atom stereocenters. The number of nitrogens with zero attached hydrogens (tertiary/aromatic N) is 1. The second-order valence-electron chi connectivity index (χ2n) is 8.07. The van der Waals surface area contributed by atoms with Gasteiger partial charge in [-0.2, -0.15) is 0 Å². The largest absolute Gasteiger partial charge is 0.444 e. The predicted octanol–water partition coefficient (Wildman–Crippen LogP) is 3.66. The molecule has 1 aromatic carbocycles. The number of alkyl carbamates (subject to hydrolysis) is 1. The summed E-state index contributed by atoms with van der Waals surface area (Å²) in [6, 6.07) is 6.16. The van der Waals surface area contributed by atoms with Gasteiger partial charge in [0.1, 0.15) is 5.60 Å². The van der Waals surface area contributed by atoms with E-state index in [1.807, 2.05) is 20.8 Å². The molecule has 0 aliphatic heterocycles. The molecule has 1 rings (SSSR count). The molecule has 28 heavy (non-hydrogen) atoms. The number of hydrogen-bond donors (Lipinski definition) is 2. The van der Waals surface area contributed by atoms with Crippen LogP contribution in [0.4, 0.5) is 10.5 Å². The van der Waals surface area contributed by atoms with E-state index in [0.29, 0.717) is 5.56 Å². The van der Waals surface area contributed by atoms with Gasteiger partial charge < -0.3 is 15.4 Å². The first-order chi connectivity index (χ1) is 12.8. The lowest BCUT2D eigenvalue weighted by Gasteiger charge is -2.35. The molecule has 0 bridgehead atoms. The van der Waals surface area contributed by atoms with Gasteiger partial charge in [0.2, 0.25) is 5.91 Å². The molecular formula is C20H29N3O5. The summed E-state index contributed by atoms with van der Waals surface area (Å²) in [6.07, 6.45) is 2.08. The van der Waals surface area contributed by atoms with Gasteiger partial charge >= 0.3 is 6.09 Å². The van der Waals surface area contributed by atoms with Crippen LogP contribution in [0.3, 0.4) is 0 Å². The second-order valence-corrected chi connectivity index (χ2v) is 8.07. The lowest BCUT2D eigenvalue weighted by molar-refractivity contribution is -0.385. The van der Waals surface area contributed by atoms with Gasteiger partial charge in [-0.1, -0.05) is 26.0 Å². The first-order valence-electron chi connectivity index (χ1n) is 9.04. The van der Waals surface area contributed by atoms with E-state index in [1.165, 1.54) is 18.2 Å². The highest BCUT2D eigenvalue weighted by Gasteiger charge is 2.31. The molecule has 2 amide bonds. The van der Waals surface area contributed by atoms with Crippen molar-refractivity contribution < 1.29 is 19.2 Å². The average Bonchev–Trinajstić information content (AvgIpc) is 2.56. The molecule has 8 nitrogen and oxygen atoms in total. The fourth-order valence-electron chi connectivity index (χ4n) is 2.25. The van der Waals surface area contributed by atoms with Crippen molar-refractivity contribution in [2.45, 2.75) is 52.7 Å². The first kappa shape index (κ1) is 23.1. The van der Waals surface area contributed by atoms with E-state index in [-0.39, 0.29) is 18.2 Å². The Bertz CT molecular complexity index is 752. The number of ether oxygens (including phenoxy) is 1. The van der Waals surface area contributed by atoms with Crippen LogP contribution in [0.25, 0.3) is 6.08 Å². The first-order valence-corrected chi connectivity index (χ1v) is 9.04. The number of benzene rings is 1. The van der Waals surface area contributed by atoms with E-state index in [1.54, 1.807) is 39.0 Å². The Morgan fingerprint density at radius 2 is 1.82 bits per heavy atom. The van der Waals surface area contributed by atoms with Crippen molar-refractivity contribution in [2.24, 2.45) is 5.92 Å². The Hall–Kier alpha value is -2.90. The predicted molar refractivity (Wildman–Crippen MR) is 108 cm³/mol. The van der Waals surface area contributed by atoms with Crippen LogP contribution in [-0.4, -0.2) is 34.6 Å². The average molecular weight is 391 g/mol. The topological polar surface area (TPSA) is 111 Å². The monoisotopic (exact) mass is 391 g/mol. The third-order valence-corrected chi connectivity index (χ3v) is 4.23. The summed E-state index contributed by atoms with van der Waals surface area (Å²) in [6.45, 7) is 11.1. The number of carbonyl (C=O) groups excluding carboxylic acids is 2. The van der Waals surface area contributed by atoms with Crippen molar-refractivity contribution in [3.63, 3.8) is 0 Å². The maximum absolute atomic E-state index is 12.4. The quantitative estimate of drug-likeness (QED) is 0.419. The molecule has 0 aromatic heterocycles. The van der Waals surface area contributed by atoms with Crippen molar-refractivity contribution in [3.8, 4) is 0 Å². The minimum atomic E-state index is -0.735. The van der Waals surface area contributed by atoms with Gasteiger partial charge in [-0.25, -0.2) is 4.79 Å². The van der Waals surface area contributed by atoms with E-state index < -0.39 is 28.1 Å². The van der Waals surface area contributed by atoms with Gasteiger partial charge in [-0.3, -0.25) is 14.9 Å². The Labute approximate surface area is 165 Å². The molecule has 1 aromatic rings. The lowest BCUT2D eigenvalue weighted by atomic mass is 9.88. The number of nitro benzene ring substituents is 1. The van der Waals surface area contributed by atoms with E-state index >= 15 is 0 Å². The van der Waals surface area contributed by atoms with E-state index in [9.17, 15) is 19.7 Å². The number of para-hydroxylation sites is 1. The summed E-state index contributed by atoms with van der Waals surface area (Å²) >= 11 is 0. The summed E-state index contributed by atoms with van der Waals surface area (Å²) in [5.74, 6) is -0.411. The number of rotatable bonds is 7. The van der Waals surface area contributed by atoms with Crippen LogP contribution in [-0.2, 0) is 9.53 Å². The minimum Gasteiger partial charge on any atom is -0.444 e. The summed E-state index contributed by atoms with van der Waals surface area (Å²) in [5, 5.41) is 16.6. The highest BCUT2D eigenvalue weighted by atomic mass is 16.6. The van der Waals surface area contributed by atoms with Gasteiger partial charge in [0.25, 0.3) is 5.69 Å². The van der Waals surface area contributed by atoms with Gasteiger partial charge in [0.05, 0.1) is 16.0 Å². The highest BCUT2D eigenvalue weighted by Crippen LogP contribution is 2.20. The second kappa shape index (κ2) is 9.34. The van der Waals surface area contributed by atoms with Gasteiger partial charge in [-0.15, -0.1) is 0 Å². The molecule has 0 aliphatic carbocycles. The smallest absolute Gasteiger partial charge is 0.407 e. The van der Waals surface area contributed by atoms with Crippen LogP contribution in [0, 0.1) is 16.0 Å². The fraction of sp³-hybridized carbons (Fsp3) is 0.500. The number of carbonyl (C=O) groups is 2. The minimum absolute atomic E-state index is 0.00541. The van der Waals surface area contributed by atoms with E-state index in [0.717, 1.165) is 0 Å². The molecule has 0 aliphatic rings. The van der Waals surface area contributed by atoms with Crippen LogP contribution in [0.2, 0.25) is 0 Å². The highest BCUT2D eigenvalue weighted by molar-refractivity contribution is 5.92. The van der Waals surface area contributed by atoms with Gasteiger partial charge in [0, 0.05) is 18.7 Å². The molecule has 0 radical (unpaired) electrons. The summed E-state index contributed by atoms with van der Waals surface area (Å²) in [5.41, 5.74) is -1.10. The molecule has 0 saturated carbocycles. The molecule has 2 N–H and O–H groups in total. The standard InChI is InChI=1S/C20H29N3O5/c1-14(2)20(6,13-21-18(25)28-19(3,4)5)22-17(24)12-11-15-9-7-8-10-16(15)23(26)27/h7-12,14H,13H2,1-6H3,(H,21,25)(H,22,24). The molecule has 1 atom stereocenters. The molecule has 0 saturated heterocycles. The third-order valence-electron chi connectivity index (χ3n) is 4.23.